The van der Waals surface area contributed by atoms with Gasteiger partial charge in [-0.05, 0) is 61.7 Å². The van der Waals surface area contributed by atoms with Crippen LogP contribution in [0.25, 0.3) is 5.69 Å². The number of carboxylic acids is 1. The van der Waals surface area contributed by atoms with Crippen LogP contribution >= 0.6 is 11.6 Å². The van der Waals surface area contributed by atoms with Crippen molar-refractivity contribution in [1.29, 1.82) is 0 Å². The van der Waals surface area contributed by atoms with E-state index in [1.54, 1.807) is 31.3 Å². The number of nitrogens with zero attached hydrogens (tertiary/aromatic N) is 3. The Hall–Kier alpha value is -4.06. The van der Waals surface area contributed by atoms with Crippen LogP contribution in [0.1, 0.15) is 34.3 Å². The number of carbonyl (C=O) groups is 3. The van der Waals surface area contributed by atoms with E-state index in [0.29, 0.717) is 24.1 Å². The number of alkyl halides is 3. The van der Waals surface area contributed by atoms with Crippen molar-refractivity contribution in [3.63, 3.8) is 0 Å². The lowest BCUT2D eigenvalue weighted by Gasteiger charge is -2.24. The fourth-order valence-electron chi connectivity index (χ4n) is 4.07. The summed E-state index contributed by atoms with van der Waals surface area (Å²) in [5.74, 6) is -1.28. The molecule has 9 nitrogen and oxygen atoms in total. The zero-order chi connectivity index (χ0) is 26.9. The normalized spacial score (nSPS) is 15.5. The van der Waals surface area contributed by atoms with Crippen LogP contribution in [0.2, 0.25) is 5.02 Å². The van der Waals surface area contributed by atoms with Gasteiger partial charge >= 0.3 is 18.2 Å². The molecule has 0 aliphatic carbocycles. The third-order valence-corrected chi connectivity index (χ3v) is 6.20. The van der Waals surface area contributed by atoms with Gasteiger partial charge in [-0.15, -0.1) is 0 Å². The molecule has 1 aromatic heterocycles. The molecular weight excluding hydrogens is 515 g/mol. The number of hydrogen-bond acceptors (Lipinski definition) is 4. The summed E-state index contributed by atoms with van der Waals surface area (Å²) in [7, 11) is 0. The standard InChI is InChI=1S/C24H21ClF3N5O4/c1-13-11-15(5-6-16(13)22(35)36)33-10-8-20(31-33)30-21(34)19-3-2-9-32(19)23(37)29-14-4-7-17(18(25)12-14)24(26,27)28/h4-8,10-12,19H,2-3,9H2,1H3,(H,29,37)(H,35,36)(H,30,31,34)/t19-/m1/s1. The number of aryl methyl sites for hydroxylation is 1. The number of rotatable bonds is 5. The minimum Gasteiger partial charge on any atom is -0.478 e. The van der Waals surface area contributed by atoms with Crippen LogP contribution < -0.4 is 10.6 Å². The zero-order valence-electron chi connectivity index (χ0n) is 19.3. The largest absolute Gasteiger partial charge is 0.478 e. The Bertz CT molecular complexity index is 1370. The molecule has 3 amide bonds. The highest BCUT2D eigenvalue weighted by Crippen LogP contribution is 2.36. The summed E-state index contributed by atoms with van der Waals surface area (Å²) in [5, 5.41) is 18.1. The van der Waals surface area contributed by atoms with Gasteiger partial charge in [0.15, 0.2) is 5.82 Å². The lowest BCUT2D eigenvalue weighted by Crippen LogP contribution is -2.45. The molecular formula is C24H21ClF3N5O4. The van der Waals surface area contributed by atoms with E-state index in [9.17, 15) is 32.7 Å². The van der Waals surface area contributed by atoms with E-state index in [0.717, 1.165) is 18.2 Å². The van der Waals surface area contributed by atoms with Crippen LogP contribution in [0.3, 0.4) is 0 Å². The molecule has 0 saturated carbocycles. The van der Waals surface area contributed by atoms with Crippen molar-refractivity contribution in [2.75, 3.05) is 17.2 Å². The predicted octanol–water partition coefficient (Wildman–Crippen LogP) is 5.19. The van der Waals surface area contributed by atoms with Crippen molar-refractivity contribution in [3.8, 4) is 5.69 Å². The Kier molecular flexibility index (Phi) is 7.12. The summed E-state index contributed by atoms with van der Waals surface area (Å²) in [6.07, 6.45) is -2.07. The van der Waals surface area contributed by atoms with Crippen molar-refractivity contribution >= 4 is 41.0 Å². The maximum Gasteiger partial charge on any atom is 0.417 e. The fourth-order valence-corrected chi connectivity index (χ4v) is 4.36. The number of benzene rings is 2. The van der Waals surface area contributed by atoms with E-state index < -0.39 is 40.7 Å². The first-order chi connectivity index (χ1) is 17.4. The molecule has 0 spiro atoms. The van der Waals surface area contributed by atoms with Crippen LogP contribution in [-0.4, -0.2) is 50.3 Å². The number of aromatic carboxylic acids is 1. The summed E-state index contributed by atoms with van der Waals surface area (Å²) >= 11 is 5.72. The molecule has 3 N–H and O–H groups in total. The molecule has 1 fully saturated rings. The zero-order valence-corrected chi connectivity index (χ0v) is 20.1. The average molecular weight is 536 g/mol. The number of urea groups is 1. The molecule has 2 heterocycles. The second-order valence-corrected chi connectivity index (χ2v) is 8.82. The van der Waals surface area contributed by atoms with Crippen LogP contribution in [0.15, 0.2) is 48.7 Å². The van der Waals surface area contributed by atoms with E-state index in [2.05, 4.69) is 15.7 Å². The highest BCUT2D eigenvalue weighted by atomic mass is 35.5. The summed E-state index contributed by atoms with van der Waals surface area (Å²) in [6, 6.07) is 7.68. The number of carbonyl (C=O) groups excluding carboxylic acids is 2. The molecule has 37 heavy (non-hydrogen) atoms. The van der Waals surface area contributed by atoms with Gasteiger partial charge in [0.1, 0.15) is 6.04 Å². The molecule has 0 radical (unpaired) electrons. The smallest absolute Gasteiger partial charge is 0.417 e. The van der Waals surface area contributed by atoms with E-state index in [1.807, 2.05) is 0 Å². The number of anilines is 2. The van der Waals surface area contributed by atoms with Crippen molar-refractivity contribution in [1.82, 2.24) is 14.7 Å². The Morgan fingerprint density at radius 3 is 2.51 bits per heavy atom. The summed E-state index contributed by atoms with van der Waals surface area (Å²) in [4.78, 5) is 38.2. The van der Waals surface area contributed by atoms with Crippen LogP contribution in [0.4, 0.5) is 29.5 Å². The number of hydrogen-bond donors (Lipinski definition) is 3. The van der Waals surface area contributed by atoms with Gasteiger partial charge in [-0.1, -0.05) is 11.6 Å². The molecule has 2 aromatic carbocycles. The summed E-state index contributed by atoms with van der Waals surface area (Å²) in [5.41, 5.74) is 0.366. The van der Waals surface area contributed by atoms with Gasteiger partial charge in [0.25, 0.3) is 0 Å². The first-order valence-corrected chi connectivity index (χ1v) is 11.5. The van der Waals surface area contributed by atoms with E-state index in [4.69, 9.17) is 11.6 Å². The number of carboxylic acid groups (broad SMARTS) is 1. The topological polar surface area (TPSA) is 117 Å². The monoisotopic (exact) mass is 535 g/mol. The Labute approximate surface area is 213 Å². The van der Waals surface area contributed by atoms with Gasteiger partial charge < -0.3 is 20.6 Å². The fraction of sp³-hybridized carbons (Fsp3) is 0.250. The first-order valence-electron chi connectivity index (χ1n) is 11.1. The molecule has 0 unspecified atom stereocenters. The molecule has 3 aromatic rings. The van der Waals surface area contributed by atoms with Gasteiger partial charge in [0, 0.05) is 24.5 Å². The van der Waals surface area contributed by atoms with Crippen LogP contribution in [0, 0.1) is 6.92 Å². The Morgan fingerprint density at radius 1 is 1.11 bits per heavy atom. The number of aromatic nitrogens is 2. The van der Waals surface area contributed by atoms with Crippen molar-refractivity contribution in [3.05, 3.63) is 70.4 Å². The number of halogens is 4. The van der Waals surface area contributed by atoms with Gasteiger partial charge in [-0.2, -0.15) is 18.3 Å². The Balaban J connectivity index is 1.42. The van der Waals surface area contributed by atoms with Gasteiger partial charge in [-0.3, -0.25) is 4.79 Å². The number of nitrogens with one attached hydrogen (secondary N) is 2. The molecule has 1 atom stereocenters. The SMILES string of the molecule is Cc1cc(-n2ccc(NC(=O)[C@H]3CCCN3C(=O)Nc3ccc(C(F)(F)F)c(Cl)c3)n2)ccc1C(=O)O. The quantitative estimate of drug-likeness (QED) is 0.416. The second kappa shape index (κ2) is 10.1. The third kappa shape index (κ3) is 5.69. The molecule has 194 valence electrons. The van der Waals surface area contributed by atoms with Crippen molar-refractivity contribution in [2.45, 2.75) is 32.0 Å². The van der Waals surface area contributed by atoms with Crippen molar-refractivity contribution < 1.29 is 32.7 Å². The number of likely N-dealkylation sites (tertiary alicyclic amines) is 1. The molecule has 4 rings (SSSR count). The summed E-state index contributed by atoms with van der Waals surface area (Å²) in [6.45, 7) is 1.94. The molecule has 1 aliphatic heterocycles. The highest BCUT2D eigenvalue weighted by molar-refractivity contribution is 6.31. The maximum atomic E-state index is 12.9. The maximum absolute atomic E-state index is 12.9. The molecule has 1 aliphatic rings. The third-order valence-electron chi connectivity index (χ3n) is 5.89. The lowest BCUT2D eigenvalue weighted by atomic mass is 10.1. The van der Waals surface area contributed by atoms with Gasteiger partial charge in [-0.25, -0.2) is 14.3 Å². The summed E-state index contributed by atoms with van der Waals surface area (Å²) < 4.78 is 40.2. The molecule has 0 bridgehead atoms. The van der Waals surface area contributed by atoms with Crippen LogP contribution in [0.5, 0.6) is 0 Å². The number of amides is 3. The van der Waals surface area contributed by atoms with E-state index >= 15 is 0 Å². The predicted molar refractivity (Wildman–Crippen MR) is 129 cm³/mol. The minimum absolute atomic E-state index is 0.0667. The van der Waals surface area contributed by atoms with Gasteiger partial charge in [0.05, 0.1) is 21.8 Å². The second-order valence-electron chi connectivity index (χ2n) is 8.41. The van der Waals surface area contributed by atoms with Gasteiger partial charge in [0.2, 0.25) is 5.91 Å². The Morgan fingerprint density at radius 2 is 1.86 bits per heavy atom. The first kappa shape index (κ1) is 26.0. The highest BCUT2D eigenvalue weighted by Gasteiger charge is 2.35. The van der Waals surface area contributed by atoms with E-state index in [-0.39, 0.29) is 23.6 Å². The molecule has 1 saturated heterocycles. The van der Waals surface area contributed by atoms with Crippen molar-refractivity contribution in [2.24, 2.45) is 0 Å². The molecule has 13 heteroatoms. The van der Waals surface area contributed by atoms with Crippen LogP contribution in [-0.2, 0) is 11.0 Å². The lowest BCUT2D eigenvalue weighted by molar-refractivity contribution is -0.137. The average Bonchev–Trinajstić information content (AvgIpc) is 3.48. The van der Waals surface area contributed by atoms with E-state index in [1.165, 1.54) is 15.6 Å². The minimum atomic E-state index is -4.62.